The first-order chi connectivity index (χ1) is 7.90. The molecule has 0 aromatic heterocycles. The van der Waals surface area contributed by atoms with Crippen molar-refractivity contribution in [2.45, 2.75) is 33.0 Å². The first-order valence-electron chi connectivity index (χ1n) is 5.48. The molecule has 0 aliphatic carbocycles. The molecule has 1 aromatic rings. The Kier molecular flexibility index (Phi) is 4.32. The van der Waals surface area contributed by atoms with Gasteiger partial charge in [0.05, 0.1) is 0 Å². The van der Waals surface area contributed by atoms with Gasteiger partial charge in [0.15, 0.2) is 0 Å². The van der Waals surface area contributed by atoms with E-state index in [2.05, 4.69) is 6.58 Å². The molecule has 17 heavy (non-hydrogen) atoms. The Bertz CT molecular complexity index is 385. The lowest BCUT2D eigenvalue weighted by Crippen LogP contribution is -2.24. The minimum Gasteiger partial charge on any atom is -0.429 e. The topological polar surface area (TPSA) is 35.5 Å². The van der Waals surface area contributed by atoms with E-state index in [0.717, 1.165) is 11.1 Å². The predicted molar refractivity (Wildman–Crippen MR) is 67.6 cm³/mol. The zero-order valence-electron chi connectivity index (χ0n) is 10.5. The van der Waals surface area contributed by atoms with Crippen LogP contribution in [0.2, 0.25) is 0 Å². The second kappa shape index (κ2) is 5.53. The van der Waals surface area contributed by atoms with Gasteiger partial charge in [-0.05, 0) is 31.9 Å². The van der Waals surface area contributed by atoms with Gasteiger partial charge in [0.1, 0.15) is 12.2 Å². The number of carbonyl (C=O) groups is 1. The Hall–Kier alpha value is -1.77. The summed E-state index contributed by atoms with van der Waals surface area (Å²) >= 11 is 0. The molecular weight excluding hydrogens is 216 g/mol. The molecule has 1 aromatic carbocycles. The lowest BCUT2D eigenvalue weighted by atomic mass is 10.1. The summed E-state index contributed by atoms with van der Waals surface area (Å²) in [7, 11) is 0. The third-order valence-electron chi connectivity index (χ3n) is 1.96. The average Bonchev–Trinajstić information content (AvgIpc) is 2.25. The molecule has 92 valence electrons. The van der Waals surface area contributed by atoms with Crippen molar-refractivity contribution in [2.24, 2.45) is 0 Å². The van der Waals surface area contributed by atoms with Crippen LogP contribution in [0, 0.1) is 0 Å². The first kappa shape index (κ1) is 13.3. The fourth-order valence-corrected chi connectivity index (χ4v) is 1.17. The summed E-state index contributed by atoms with van der Waals surface area (Å²) in [4.78, 5) is 11.3. The molecule has 0 amide bonds. The van der Waals surface area contributed by atoms with E-state index in [0.29, 0.717) is 0 Å². The van der Waals surface area contributed by atoms with Crippen LogP contribution in [-0.2, 0) is 16.1 Å². The van der Waals surface area contributed by atoms with E-state index in [-0.39, 0.29) is 6.61 Å². The number of carbonyl (C=O) groups excluding carboxylic acids is 1. The van der Waals surface area contributed by atoms with Gasteiger partial charge in [-0.2, -0.15) is 0 Å². The van der Waals surface area contributed by atoms with Gasteiger partial charge in [-0.15, -0.1) is 0 Å². The Balaban J connectivity index is 2.44. The second-order valence-corrected chi connectivity index (χ2v) is 4.70. The van der Waals surface area contributed by atoms with E-state index in [4.69, 9.17) is 9.47 Å². The maximum atomic E-state index is 11.3. The molecule has 0 saturated heterocycles. The number of benzene rings is 1. The SMILES string of the molecule is C=Cc1ccc(COC(=O)OC(C)(C)C)cc1. The zero-order chi connectivity index (χ0) is 12.9. The summed E-state index contributed by atoms with van der Waals surface area (Å²) in [6.45, 7) is 9.28. The molecule has 0 heterocycles. The molecule has 3 heteroatoms. The zero-order valence-corrected chi connectivity index (χ0v) is 10.5. The minimum absolute atomic E-state index is 0.215. The second-order valence-electron chi connectivity index (χ2n) is 4.70. The number of hydrogen-bond donors (Lipinski definition) is 0. The lowest BCUT2D eigenvalue weighted by Gasteiger charge is -2.18. The van der Waals surface area contributed by atoms with E-state index in [1.807, 2.05) is 24.3 Å². The van der Waals surface area contributed by atoms with Gasteiger partial charge < -0.3 is 9.47 Å². The van der Waals surface area contributed by atoms with E-state index < -0.39 is 11.8 Å². The minimum atomic E-state index is -0.648. The molecule has 0 aliphatic heterocycles. The van der Waals surface area contributed by atoms with Crippen LogP contribution < -0.4 is 0 Å². The Morgan fingerprint density at radius 1 is 1.29 bits per heavy atom. The van der Waals surface area contributed by atoms with Crippen molar-refractivity contribution >= 4 is 12.2 Å². The molecule has 0 fully saturated rings. The fourth-order valence-electron chi connectivity index (χ4n) is 1.17. The van der Waals surface area contributed by atoms with Crippen molar-refractivity contribution in [2.75, 3.05) is 0 Å². The van der Waals surface area contributed by atoms with E-state index in [9.17, 15) is 4.79 Å². The molecule has 0 unspecified atom stereocenters. The van der Waals surface area contributed by atoms with Crippen LogP contribution >= 0.6 is 0 Å². The summed E-state index contributed by atoms with van der Waals surface area (Å²) in [5.74, 6) is 0. The average molecular weight is 234 g/mol. The third kappa shape index (κ3) is 5.20. The van der Waals surface area contributed by atoms with Crippen LogP contribution in [0.15, 0.2) is 30.8 Å². The van der Waals surface area contributed by atoms with Gasteiger partial charge in [0.25, 0.3) is 0 Å². The molecule has 0 bridgehead atoms. The predicted octanol–water partition coefficient (Wildman–Crippen LogP) is 3.78. The van der Waals surface area contributed by atoms with Crippen molar-refractivity contribution in [1.29, 1.82) is 0 Å². The highest BCUT2D eigenvalue weighted by Crippen LogP contribution is 2.10. The molecule has 0 aliphatic rings. The summed E-state index contributed by atoms with van der Waals surface area (Å²) < 4.78 is 10.0. The van der Waals surface area contributed by atoms with E-state index in [1.165, 1.54) is 0 Å². The van der Waals surface area contributed by atoms with Gasteiger partial charge in [0.2, 0.25) is 0 Å². The third-order valence-corrected chi connectivity index (χ3v) is 1.96. The van der Waals surface area contributed by atoms with Gasteiger partial charge in [0, 0.05) is 0 Å². The summed E-state index contributed by atoms with van der Waals surface area (Å²) in [5, 5.41) is 0. The Labute approximate surface area is 102 Å². The van der Waals surface area contributed by atoms with Crippen LogP contribution in [0.25, 0.3) is 6.08 Å². The maximum Gasteiger partial charge on any atom is 0.509 e. The van der Waals surface area contributed by atoms with Crippen molar-refractivity contribution in [1.82, 2.24) is 0 Å². The lowest BCUT2D eigenvalue weighted by molar-refractivity contribution is -0.0108. The van der Waals surface area contributed by atoms with Crippen LogP contribution in [0.1, 0.15) is 31.9 Å². The standard InChI is InChI=1S/C14H18O3/c1-5-11-6-8-12(9-7-11)10-16-13(15)17-14(2,3)4/h5-9H,1,10H2,2-4H3. The Morgan fingerprint density at radius 3 is 2.35 bits per heavy atom. The van der Waals surface area contributed by atoms with Gasteiger partial charge in [-0.1, -0.05) is 36.9 Å². The quantitative estimate of drug-likeness (QED) is 0.746. The summed E-state index contributed by atoms with van der Waals surface area (Å²) in [6, 6.07) is 7.62. The molecule has 0 spiro atoms. The highest BCUT2D eigenvalue weighted by molar-refractivity contribution is 5.60. The molecule has 0 atom stereocenters. The number of rotatable bonds is 3. The normalized spacial score (nSPS) is 10.8. The van der Waals surface area contributed by atoms with E-state index >= 15 is 0 Å². The van der Waals surface area contributed by atoms with Crippen LogP contribution in [-0.4, -0.2) is 11.8 Å². The largest absolute Gasteiger partial charge is 0.509 e. The fraction of sp³-hybridized carbons (Fsp3) is 0.357. The molecule has 0 N–H and O–H groups in total. The van der Waals surface area contributed by atoms with Crippen LogP contribution in [0.3, 0.4) is 0 Å². The maximum absolute atomic E-state index is 11.3. The first-order valence-corrected chi connectivity index (χ1v) is 5.48. The molecule has 3 nitrogen and oxygen atoms in total. The van der Waals surface area contributed by atoms with Gasteiger partial charge >= 0.3 is 6.16 Å². The summed E-state index contributed by atoms with van der Waals surface area (Å²) in [6.07, 6.45) is 1.11. The molecular formula is C14H18O3. The molecule has 1 rings (SSSR count). The van der Waals surface area contributed by atoms with Gasteiger partial charge in [-0.3, -0.25) is 0 Å². The monoisotopic (exact) mass is 234 g/mol. The van der Waals surface area contributed by atoms with Crippen LogP contribution in [0.4, 0.5) is 4.79 Å². The molecule has 0 radical (unpaired) electrons. The van der Waals surface area contributed by atoms with Crippen LogP contribution in [0.5, 0.6) is 0 Å². The number of hydrogen-bond acceptors (Lipinski definition) is 3. The van der Waals surface area contributed by atoms with Gasteiger partial charge in [-0.25, -0.2) is 4.79 Å². The Morgan fingerprint density at radius 2 is 1.88 bits per heavy atom. The van der Waals surface area contributed by atoms with E-state index in [1.54, 1.807) is 26.8 Å². The summed E-state index contributed by atoms with van der Waals surface area (Å²) in [5.41, 5.74) is 1.43. The number of ether oxygens (including phenoxy) is 2. The van der Waals surface area contributed by atoms with Crippen molar-refractivity contribution in [3.63, 3.8) is 0 Å². The highest BCUT2D eigenvalue weighted by atomic mass is 16.7. The van der Waals surface area contributed by atoms with Crippen molar-refractivity contribution < 1.29 is 14.3 Å². The smallest absolute Gasteiger partial charge is 0.429 e. The van der Waals surface area contributed by atoms with Crippen molar-refractivity contribution in [3.8, 4) is 0 Å². The highest BCUT2D eigenvalue weighted by Gasteiger charge is 2.17. The van der Waals surface area contributed by atoms with Crippen molar-refractivity contribution in [3.05, 3.63) is 42.0 Å². The molecule has 0 saturated carbocycles.